The number of aryl methyl sites for hydroxylation is 1. The number of rotatable bonds is 6. The van der Waals surface area contributed by atoms with E-state index in [0.717, 1.165) is 31.5 Å². The summed E-state index contributed by atoms with van der Waals surface area (Å²) in [6.07, 6.45) is 2.06. The molecular formula is C22H27N3O3S. The van der Waals surface area contributed by atoms with Gasteiger partial charge in [-0.15, -0.1) is 0 Å². The Hall–Kier alpha value is -2.51. The van der Waals surface area contributed by atoms with Crippen LogP contribution in [0.15, 0.2) is 57.8 Å². The topological polar surface area (TPSA) is 87.6 Å². The Balaban J connectivity index is 1.71. The third kappa shape index (κ3) is 5.74. The summed E-state index contributed by atoms with van der Waals surface area (Å²) >= 11 is 0. The van der Waals surface area contributed by atoms with Crippen molar-refractivity contribution < 1.29 is 13.2 Å². The Morgan fingerprint density at radius 3 is 2.48 bits per heavy atom. The van der Waals surface area contributed by atoms with Crippen molar-refractivity contribution in [3.63, 3.8) is 0 Å². The van der Waals surface area contributed by atoms with E-state index in [0.29, 0.717) is 17.0 Å². The quantitative estimate of drug-likeness (QED) is 0.711. The van der Waals surface area contributed by atoms with Gasteiger partial charge in [-0.05, 0) is 69.1 Å². The van der Waals surface area contributed by atoms with E-state index in [1.54, 1.807) is 26.0 Å². The van der Waals surface area contributed by atoms with Crippen molar-refractivity contribution in [1.82, 2.24) is 5.32 Å². The molecule has 1 aliphatic rings. The molecule has 3 rings (SSSR count). The van der Waals surface area contributed by atoms with Crippen LogP contribution in [-0.2, 0) is 21.2 Å². The first-order valence-electron chi connectivity index (χ1n) is 9.82. The number of piperidine rings is 1. The third-order valence-corrected chi connectivity index (χ3v) is 6.55. The molecule has 0 saturated carbocycles. The predicted octanol–water partition coefficient (Wildman–Crippen LogP) is 3.33. The largest absolute Gasteiger partial charge is 0.326 e. The fraction of sp³-hybridized carbons (Fsp3) is 0.364. The van der Waals surface area contributed by atoms with E-state index in [-0.39, 0.29) is 23.1 Å². The van der Waals surface area contributed by atoms with E-state index in [1.165, 1.54) is 6.07 Å². The van der Waals surface area contributed by atoms with Crippen LogP contribution in [0.3, 0.4) is 0 Å². The minimum Gasteiger partial charge on any atom is -0.326 e. The summed E-state index contributed by atoms with van der Waals surface area (Å²) in [5, 5.41) is 6.12. The first-order valence-corrected chi connectivity index (χ1v) is 11.3. The molecule has 2 aromatic carbocycles. The molecule has 0 aromatic heterocycles. The molecule has 1 fully saturated rings. The monoisotopic (exact) mass is 413 g/mol. The zero-order valence-electron chi connectivity index (χ0n) is 16.8. The minimum atomic E-state index is -3.77. The second kappa shape index (κ2) is 9.33. The van der Waals surface area contributed by atoms with Crippen LogP contribution < -0.4 is 10.6 Å². The van der Waals surface area contributed by atoms with Crippen LogP contribution in [0.2, 0.25) is 0 Å². The maximum atomic E-state index is 12.7. The highest BCUT2D eigenvalue weighted by molar-refractivity contribution is 7.90. The van der Waals surface area contributed by atoms with Crippen molar-refractivity contribution in [3.05, 3.63) is 59.7 Å². The molecule has 7 heteroatoms. The molecule has 1 aliphatic heterocycles. The molecule has 1 heterocycles. The van der Waals surface area contributed by atoms with Gasteiger partial charge in [0.25, 0.3) is 10.0 Å². The Kier molecular flexibility index (Phi) is 6.82. The van der Waals surface area contributed by atoms with Gasteiger partial charge in [-0.2, -0.15) is 12.8 Å². The van der Waals surface area contributed by atoms with Crippen LogP contribution in [0.25, 0.3) is 0 Å². The summed E-state index contributed by atoms with van der Waals surface area (Å²) in [5.41, 5.74) is 2.86. The molecule has 0 atom stereocenters. The maximum absolute atomic E-state index is 12.7. The summed E-state index contributed by atoms with van der Waals surface area (Å²) in [6.45, 7) is 5.33. The molecule has 0 aliphatic carbocycles. The highest BCUT2D eigenvalue weighted by Crippen LogP contribution is 2.23. The number of benzene rings is 2. The molecule has 2 aromatic rings. The summed E-state index contributed by atoms with van der Waals surface area (Å²) < 4.78 is 29.5. The number of hydrogen-bond donors (Lipinski definition) is 2. The fourth-order valence-corrected chi connectivity index (χ4v) is 4.67. The Morgan fingerprint density at radius 2 is 1.83 bits per heavy atom. The van der Waals surface area contributed by atoms with Crippen molar-refractivity contribution in [3.8, 4) is 0 Å². The molecule has 1 saturated heterocycles. The van der Waals surface area contributed by atoms with Crippen molar-refractivity contribution in [1.29, 1.82) is 0 Å². The second-order valence-electron chi connectivity index (χ2n) is 7.42. The van der Waals surface area contributed by atoms with Gasteiger partial charge in [-0.25, -0.2) is 0 Å². The second-order valence-corrected chi connectivity index (χ2v) is 9.02. The van der Waals surface area contributed by atoms with E-state index in [9.17, 15) is 13.2 Å². The molecule has 0 spiro atoms. The standard InChI is InChI=1S/C22H27N3O3S/c1-16-14-20(29(27,28)25-17(2)19-10-12-23-13-11-19)8-9-21(16)24-22(26)15-18-6-4-3-5-7-18/h3-9,14,19,23H,10-13,15H2,1-2H3,(H,24,26)/b25-17-. The summed E-state index contributed by atoms with van der Waals surface area (Å²) in [7, 11) is -3.77. The summed E-state index contributed by atoms with van der Waals surface area (Å²) in [6, 6.07) is 14.2. The van der Waals surface area contributed by atoms with Crippen LogP contribution in [-0.4, -0.2) is 33.1 Å². The van der Waals surface area contributed by atoms with Crippen LogP contribution in [0.1, 0.15) is 30.9 Å². The maximum Gasteiger partial charge on any atom is 0.282 e. The van der Waals surface area contributed by atoms with Gasteiger partial charge in [-0.3, -0.25) is 4.79 Å². The number of hydrogen-bond acceptors (Lipinski definition) is 4. The van der Waals surface area contributed by atoms with E-state index in [2.05, 4.69) is 15.0 Å². The minimum absolute atomic E-state index is 0.143. The molecule has 1 amide bonds. The van der Waals surface area contributed by atoms with Gasteiger partial charge >= 0.3 is 0 Å². The number of amides is 1. The van der Waals surface area contributed by atoms with Crippen LogP contribution in [0.4, 0.5) is 5.69 Å². The molecule has 2 N–H and O–H groups in total. The highest BCUT2D eigenvalue weighted by Gasteiger charge is 2.20. The lowest BCUT2D eigenvalue weighted by Gasteiger charge is -2.22. The van der Waals surface area contributed by atoms with E-state index >= 15 is 0 Å². The van der Waals surface area contributed by atoms with Gasteiger partial charge in [0.2, 0.25) is 5.91 Å². The smallest absolute Gasteiger partial charge is 0.282 e. The lowest BCUT2D eigenvalue weighted by molar-refractivity contribution is -0.115. The number of carbonyl (C=O) groups is 1. The van der Waals surface area contributed by atoms with Crippen LogP contribution in [0, 0.1) is 12.8 Å². The van der Waals surface area contributed by atoms with Crippen molar-refractivity contribution >= 4 is 27.3 Å². The average molecular weight is 414 g/mol. The number of sulfonamides is 1. The van der Waals surface area contributed by atoms with Crippen molar-refractivity contribution in [2.45, 2.75) is 38.0 Å². The van der Waals surface area contributed by atoms with E-state index in [4.69, 9.17) is 0 Å². The fourth-order valence-electron chi connectivity index (χ4n) is 3.47. The molecule has 0 unspecified atom stereocenters. The van der Waals surface area contributed by atoms with Crippen molar-refractivity contribution in [2.75, 3.05) is 18.4 Å². The number of nitrogens with one attached hydrogen (secondary N) is 2. The summed E-state index contributed by atoms with van der Waals surface area (Å²) in [5.74, 6) is 0.0540. The van der Waals surface area contributed by atoms with Gasteiger partial charge in [0.05, 0.1) is 11.3 Å². The third-order valence-electron chi connectivity index (χ3n) is 5.17. The Morgan fingerprint density at radius 1 is 1.14 bits per heavy atom. The first-order chi connectivity index (χ1) is 13.8. The highest BCUT2D eigenvalue weighted by atomic mass is 32.2. The number of carbonyl (C=O) groups excluding carboxylic acids is 1. The van der Waals surface area contributed by atoms with Gasteiger partial charge in [0.1, 0.15) is 0 Å². The first kappa shape index (κ1) is 21.2. The zero-order chi connectivity index (χ0) is 20.9. The number of nitrogens with zero attached hydrogens (tertiary/aromatic N) is 1. The van der Waals surface area contributed by atoms with Crippen molar-refractivity contribution in [2.24, 2.45) is 10.3 Å². The molecule has 6 nitrogen and oxygen atoms in total. The molecule has 0 bridgehead atoms. The molecule has 154 valence electrons. The predicted molar refractivity (Wildman–Crippen MR) is 116 cm³/mol. The van der Waals surface area contributed by atoms with Crippen LogP contribution in [0.5, 0.6) is 0 Å². The SMILES string of the molecule is C/C(=N/S(=O)(=O)c1ccc(NC(=O)Cc2ccccc2)c(C)c1)C1CCNCC1. The summed E-state index contributed by atoms with van der Waals surface area (Å²) in [4.78, 5) is 12.4. The zero-order valence-corrected chi connectivity index (χ0v) is 17.6. The average Bonchev–Trinajstić information content (AvgIpc) is 2.70. The van der Waals surface area contributed by atoms with E-state index < -0.39 is 10.0 Å². The van der Waals surface area contributed by atoms with Gasteiger partial charge in [-0.1, -0.05) is 30.3 Å². The Labute approximate surface area is 172 Å². The Bertz CT molecular complexity index is 995. The van der Waals surface area contributed by atoms with Crippen LogP contribution >= 0.6 is 0 Å². The molecule has 29 heavy (non-hydrogen) atoms. The van der Waals surface area contributed by atoms with Gasteiger partial charge < -0.3 is 10.6 Å². The van der Waals surface area contributed by atoms with Gasteiger partial charge in [0.15, 0.2) is 0 Å². The van der Waals surface area contributed by atoms with E-state index in [1.807, 2.05) is 30.3 Å². The number of anilines is 1. The molecule has 0 radical (unpaired) electrons. The lowest BCUT2D eigenvalue weighted by Crippen LogP contribution is -2.31. The van der Waals surface area contributed by atoms with Gasteiger partial charge in [0, 0.05) is 17.3 Å². The normalized spacial score (nSPS) is 15.9. The lowest BCUT2D eigenvalue weighted by atomic mass is 9.94. The molecular weight excluding hydrogens is 386 g/mol.